The minimum atomic E-state index is -0.588. The smallest absolute Gasteiger partial charge is 0.307 e. The maximum atomic E-state index is 12.5. The molecule has 1 atom stereocenters. The van der Waals surface area contributed by atoms with E-state index in [0.29, 0.717) is 18.7 Å². The van der Waals surface area contributed by atoms with E-state index in [4.69, 9.17) is 4.74 Å². The molecule has 4 heteroatoms. The summed E-state index contributed by atoms with van der Waals surface area (Å²) < 4.78 is 4.92. The second-order valence-electron chi connectivity index (χ2n) is 4.67. The number of nitrogens with one attached hydrogen (secondary N) is 1. The van der Waals surface area contributed by atoms with Crippen LogP contribution >= 0.6 is 0 Å². The highest BCUT2D eigenvalue weighted by molar-refractivity contribution is 6.01. The summed E-state index contributed by atoms with van der Waals surface area (Å²) in [4.78, 5) is 24.1. The molecular weight excluding hydrogens is 266 g/mol. The molecule has 0 saturated carbocycles. The average molecular weight is 289 g/mol. The fourth-order valence-electron chi connectivity index (χ4n) is 1.98. The maximum Gasteiger partial charge on any atom is 0.307 e. The Morgan fingerprint density at radius 2 is 1.95 bits per heavy atom. The summed E-state index contributed by atoms with van der Waals surface area (Å²) in [5.41, 5.74) is 1.77. The van der Waals surface area contributed by atoms with Gasteiger partial charge in [-0.25, -0.2) is 0 Å². The SMILES string of the molecule is C=CCNC(CC(=O)OCC)C(=O)c1ccc(CC)cc1. The fraction of sp³-hybridized carbons (Fsp3) is 0.412. The van der Waals surface area contributed by atoms with E-state index in [1.807, 2.05) is 12.1 Å². The highest BCUT2D eigenvalue weighted by Crippen LogP contribution is 2.10. The molecule has 0 aliphatic heterocycles. The summed E-state index contributed by atoms with van der Waals surface area (Å²) in [6.45, 7) is 8.19. The Morgan fingerprint density at radius 3 is 2.48 bits per heavy atom. The third-order valence-electron chi connectivity index (χ3n) is 3.15. The van der Waals surface area contributed by atoms with Crippen molar-refractivity contribution in [2.45, 2.75) is 32.7 Å². The van der Waals surface area contributed by atoms with Gasteiger partial charge < -0.3 is 10.1 Å². The molecule has 1 aromatic carbocycles. The zero-order valence-corrected chi connectivity index (χ0v) is 12.7. The molecule has 0 saturated heterocycles. The van der Waals surface area contributed by atoms with Crippen molar-refractivity contribution in [3.8, 4) is 0 Å². The minimum Gasteiger partial charge on any atom is -0.466 e. The molecule has 0 spiro atoms. The molecule has 21 heavy (non-hydrogen) atoms. The van der Waals surface area contributed by atoms with Gasteiger partial charge in [0.15, 0.2) is 5.78 Å². The molecule has 0 amide bonds. The van der Waals surface area contributed by atoms with Crippen LogP contribution < -0.4 is 5.32 Å². The molecule has 1 N–H and O–H groups in total. The molecule has 1 aromatic rings. The number of hydrogen-bond acceptors (Lipinski definition) is 4. The Balaban J connectivity index is 2.81. The molecule has 0 fully saturated rings. The summed E-state index contributed by atoms with van der Waals surface area (Å²) in [6.07, 6.45) is 2.61. The van der Waals surface area contributed by atoms with Crippen molar-refractivity contribution in [2.24, 2.45) is 0 Å². The molecule has 0 aliphatic carbocycles. The predicted octanol–water partition coefficient (Wildman–Crippen LogP) is 2.53. The molecule has 1 rings (SSSR count). The van der Waals surface area contributed by atoms with Gasteiger partial charge in [-0.3, -0.25) is 9.59 Å². The van der Waals surface area contributed by atoms with Gasteiger partial charge in [-0.05, 0) is 18.9 Å². The van der Waals surface area contributed by atoms with Crippen LogP contribution in [0.2, 0.25) is 0 Å². The van der Waals surface area contributed by atoms with Crippen LogP contribution in [0.15, 0.2) is 36.9 Å². The van der Waals surface area contributed by atoms with Crippen LogP contribution in [-0.2, 0) is 16.0 Å². The molecular formula is C17H23NO3. The predicted molar refractivity (Wildman–Crippen MR) is 83.4 cm³/mol. The van der Waals surface area contributed by atoms with E-state index in [1.165, 1.54) is 5.56 Å². The number of esters is 1. The third kappa shape index (κ3) is 5.52. The summed E-state index contributed by atoms with van der Waals surface area (Å²) >= 11 is 0. The van der Waals surface area contributed by atoms with Crippen LogP contribution in [0.4, 0.5) is 0 Å². The summed E-state index contributed by atoms with van der Waals surface area (Å²) in [7, 11) is 0. The first-order chi connectivity index (χ1) is 10.1. The fourth-order valence-corrected chi connectivity index (χ4v) is 1.98. The second-order valence-corrected chi connectivity index (χ2v) is 4.67. The topological polar surface area (TPSA) is 55.4 Å². The van der Waals surface area contributed by atoms with E-state index in [9.17, 15) is 9.59 Å². The lowest BCUT2D eigenvalue weighted by molar-refractivity contribution is -0.143. The van der Waals surface area contributed by atoms with Crippen molar-refractivity contribution in [3.63, 3.8) is 0 Å². The van der Waals surface area contributed by atoms with E-state index in [-0.39, 0.29) is 18.2 Å². The maximum absolute atomic E-state index is 12.5. The number of carbonyl (C=O) groups excluding carboxylic acids is 2. The number of Topliss-reactive ketones (excluding diaryl/α,β-unsaturated/α-hetero) is 1. The number of ketones is 1. The Labute approximate surface area is 126 Å². The van der Waals surface area contributed by atoms with Crippen molar-refractivity contribution < 1.29 is 14.3 Å². The number of benzene rings is 1. The van der Waals surface area contributed by atoms with Gasteiger partial charge in [-0.2, -0.15) is 0 Å². The quantitative estimate of drug-likeness (QED) is 0.431. The van der Waals surface area contributed by atoms with Crippen molar-refractivity contribution in [2.75, 3.05) is 13.2 Å². The molecule has 0 radical (unpaired) electrons. The van der Waals surface area contributed by atoms with Gasteiger partial charge in [0.2, 0.25) is 0 Å². The Kier molecular flexibility index (Phi) is 7.40. The largest absolute Gasteiger partial charge is 0.466 e. The highest BCUT2D eigenvalue weighted by atomic mass is 16.5. The van der Waals surface area contributed by atoms with Gasteiger partial charge >= 0.3 is 5.97 Å². The molecule has 0 bridgehead atoms. The normalized spacial score (nSPS) is 11.7. The van der Waals surface area contributed by atoms with Crippen LogP contribution in [0.3, 0.4) is 0 Å². The Bertz CT molecular complexity index is 479. The van der Waals surface area contributed by atoms with Gasteiger partial charge in [-0.15, -0.1) is 6.58 Å². The zero-order chi connectivity index (χ0) is 15.7. The highest BCUT2D eigenvalue weighted by Gasteiger charge is 2.22. The minimum absolute atomic E-state index is 0.0239. The van der Waals surface area contributed by atoms with Gasteiger partial charge in [0, 0.05) is 12.1 Å². The summed E-state index contributed by atoms with van der Waals surface area (Å²) in [5, 5.41) is 3.02. The van der Waals surface area contributed by atoms with E-state index in [1.54, 1.807) is 25.1 Å². The van der Waals surface area contributed by atoms with Gasteiger partial charge in [0.05, 0.1) is 19.1 Å². The molecule has 114 valence electrons. The lowest BCUT2D eigenvalue weighted by Gasteiger charge is -2.16. The van der Waals surface area contributed by atoms with E-state index < -0.39 is 6.04 Å². The second kappa shape index (κ2) is 9.08. The van der Waals surface area contributed by atoms with Gasteiger partial charge in [0.1, 0.15) is 0 Å². The standard InChI is InChI=1S/C17H23NO3/c1-4-11-18-15(12-16(19)21-6-3)17(20)14-9-7-13(5-2)8-10-14/h4,7-10,15,18H,1,5-6,11-12H2,2-3H3. The van der Waals surface area contributed by atoms with Crippen molar-refractivity contribution >= 4 is 11.8 Å². The van der Waals surface area contributed by atoms with Crippen LogP contribution in [0, 0.1) is 0 Å². The summed E-state index contributed by atoms with van der Waals surface area (Å²) in [5.74, 6) is -0.481. The van der Waals surface area contributed by atoms with E-state index in [0.717, 1.165) is 6.42 Å². The van der Waals surface area contributed by atoms with Gasteiger partial charge in [-0.1, -0.05) is 37.3 Å². The number of aryl methyl sites for hydroxylation is 1. The number of rotatable bonds is 9. The van der Waals surface area contributed by atoms with Crippen molar-refractivity contribution in [1.29, 1.82) is 0 Å². The van der Waals surface area contributed by atoms with Crippen LogP contribution in [-0.4, -0.2) is 30.9 Å². The monoisotopic (exact) mass is 289 g/mol. The van der Waals surface area contributed by atoms with E-state index >= 15 is 0 Å². The zero-order valence-electron chi connectivity index (χ0n) is 12.7. The molecule has 1 unspecified atom stereocenters. The third-order valence-corrected chi connectivity index (χ3v) is 3.15. The molecule has 4 nitrogen and oxygen atoms in total. The van der Waals surface area contributed by atoms with Crippen LogP contribution in [0.5, 0.6) is 0 Å². The first-order valence-corrected chi connectivity index (χ1v) is 7.25. The van der Waals surface area contributed by atoms with Crippen LogP contribution in [0.25, 0.3) is 0 Å². The van der Waals surface area contributed by atoms with E-state index in [2.05, 4.69) is 18.8 Å². The van der Waals surface area contributed by atoms with Crippen LogP contribution in [0.1, 0.15) is 36.2 Å². The lowest BCUT2D eigenvalue weighted by Crippen LogP contribution is -2.39. The van der Waals surface area contributed by atoms with Crippen molar-refractivity contribution in [3.05, 3.63) is 48.0 Å². The van der Waals surface area contributed by atoms with Gasteiger partial charge in [0.25, 0.3) is 0 Å². The first-order valence-electron chi connectivity index (χ1n) is 7.25. The Hall–Kier alpha value is -1.94. The molecule has 0 aromatic heterocycles. The lowest BCUT2D eigenvalue weighted by atomic mass is 10.00. The Morgan fingerprint density at radius 1 is 1.29 bits per heavy atom. The number of carbonyl (C=O) groups is 2. The van der Waals surface area contributed by atoms with Crippen molar-refractivity contribution in [1.82, 2.24) is 5.32 Å². The molecule has 0 aliphatic rings. The average Bonchev–Trinajstić information content (AvgIpc) is 2.51. The number of hydrogen-bond donors (Lipinski definition) is 1. The first kappa shape index (κ1) is 17.1. The summed E-state index contributed by atoms with van der Waals surface area (Å²) in [6, 6.07) is 6.88. The molecule has 0 heterocycles. The number of ether oxygens (including phenoxy) is 1.